The molecule has 1 heterocycles. The highest BCUT2D eigenvalue weighted by Crippen LogP contribution is 2.35. The van der Waals surface area contributed by atoms with Gasteiger partial charge in [-0.3, -0.25) is 4.79 Å². The van der Waals surface area contributed by atoms with Crippen molar-refractivity contribution in [3.63, 3.8) is 0 Å². The zero-order valence-electron chi connectivity index (χ0n) is 13.3. The predicted octanol–water partition coefficient (Wildman–Crippen LogP) is 3.78. The van der Waals surface area contributed by atoms with Gasteiger partial charge < -0.3 is 11.1 Å². The molecule has 4 heteroatoms. The lowest BCUT2D eigenvalue weighted by Crippen LogP contribution is -2.25. The summed E-state index contributed by atoms with van der Waals surface area (Å²) in [4.78, 5) is 11.4. The Balaban J connectivity index is 2.22. The normalized spacial score (nSPS) is 17.9. The standard InChI is InChI=1S/C17H25FN2O/c1-10(17(2,3)4)7-14(19)12-8-11-5-6-16(21)20-15(11)9-13(12)18/h8-10,14H,5-7,19H2,1-4H3,(H,20,21). The zero-order valence-corrected chi connectivity index (χ0v) is 13.3. The average molecular weight is 292 g/mol. The topological polar surface area (TPSA) is 55.1 Å². The Labute approximate surface area is 126 Å². The summed E-state index contributed by atoms with van der Waals surface area (Å²) in [6.07, 6.45) is 1.84. The van der Waals surface area contributed by atoms with Crippen molar-refractivity contribution in [2.24, 2.45) is 17.1 Å². The molecule has 3 nitrogen and oxygen atoms in total. The number of anilines is 1. The molecule has 1 amide bonds. The molecule has 0 aromatic heterocycles. The van der Waals surface area contributed by atoms with Gasteiger partial charge in [0.1, 0.15) is 5.82 Å². The molecule has 1 aromatic rings. The number of nitrogens with one attached hydrogen (secondary N) is 1. The van der Waals surface area contributed by atoms with E-state index in [1.54, 1.807) is 0 Å². The largest absolute Gasteiger partial charge is 0.326 e. The van der Waals surface area contributed by atoms with Gasteiger partial charge in [0, 0.05) is 23.7 Å². The van der Waals surface area contributed by atoms with Gasteiger partial charge >= 0.3 is 0 Å². The number of nitrogens with two attached hydrogens (primary N) is 1. The van der Waals surface area contributed by atoms with E-state index in [0.717, 1.165) is 12.0 Å². The van der Waals surface area contributed by atoms with Crippen LogP contribution < -0.4 is 11.1 Å². The summed E-state index contributed by atoms with van der Waals surface area (Å²) in [5.74, 6) is 0.00694. The van der Waals surface area contributed by atoms with E-state index in [1.165, 1.54) is 6.07 Å². The molecule has 0 fully saturated rings. The Morgan fingerprint density at radius 3 is 2.62 bits per heavy atom. The first-order valence-electron chi connectivity index (χ1n) is 7.56. The number of hydrogen-bond donors (Lipinski definition) is 2. The van der Waals surface area contributed by atoms with E-state index in [-0.39, 0.29) is 23.2 Å². The molecule has 2 unspecified atom stereocenters. The van der Waals surface area contributed by atoms with Crippen LogP contribution in [0.5, 0.6) is 0 Å². The smallest absolute Gasteiger partial charge is 0.224 e. The summed E-state index contributed by atoms with van der Waals surface area (Å²) in [6.45, 7) is 8.66. The fourth-order valence-electron chi connectivity index (χ4n) is 2.57. The molecule has 0 aliphatic carbocycles. The van der Waals surface area contributed by atoms with Crippen molar-refractivity contribution in [1.29, 1.82) is 0 Å². The quantitative estimate of drug-likeness (QED) is 0.890. The van der Waals surface area contributed by atoms with Crippen LogP contribution in [0.1, 0.15) is 57.7 Å². The van der Waals surface area contributed by atoms with Gasteiger partial charge in [-0.2, -0.15) is 0 Å². The van der Waals surface area contributed by atoms with Gasteiger partial charge in [0.2, 0.25) is 5.91 Å². The summed E-state index contributed by atoms with van der Waals surface area (Å²) in [7, 11) is 0. The van der Waals surface area contributed by atoms with Crippen LogP contribution in [0, 0.1) is 17.2 Å². The third-order valence-electron chi connectivity index (χ3n) is 4.60. The van der Waals surface area contributed by atoms with Gasteiger partial charge in [-0.05, 0) is 41.9 Å². The molecule has 1 aromatic carbocycles. The van der Waals surface area contributed by atoms with Crippen LogP contribution in [-0.2, 0) is 11.2 Å². The highest BCUT2D eigenvalue weighted by Gasteiger charge is 2.25. The van der Waals surface area contributed by atoms with Crippen molar-refractivity contribution in [2.45, 2.75) is 53.0 Å². The van der Waals surface area contributed by atoms with Gasteiger partial charge in [-0.25, -0.2) is 4.39 Å². The number of fused-ring (bicyclic) bond motifs is 1. The first-order valence-corrected chi connectivity index (χ1v) is 7.56. The second-order valence-electron chi connectivity index (χ2n) is 7.19. The number of carbonyl (C=O) groups excluding carboxylic acids is 1. The minimum absolute atomic E-state index is 0.0553. The molecule has 2 atom stereocenters. The maximum Gasteiger partial charge on any atom is 0.224 e. The first kappa shape index (κ1) is 16.0. The van der Waals surface area contributed by atoms with E-state index in [4.69, 9.17) is 5.73 Å². The van der Waals surface area contributed by atoms with E-state index in [0.29, 0.717) is 30.0 Å². The maximum absolute atomic E-state index is 14.3. The van der Waals surface area contributed by atoms with E-state index in [2.05, 4.69) is 33.0 Å². The van der Waals surface area contributed by atoms with Gasteiger partial charge in [0.15, 0.2) is 0 Å². The predicted molar refractivity (Wildman–Crippen MR) is 83.5 cm³/mol. The van der Waals surface area contributed by atoms with E-state index >= 15 is 0 Å². The maximum atomic E-state index is 14.3. The Hall–Kier alpha value is -1.42. The van der Waals surface area contributed by atoms with Crippen LogP contribution in [-0.4, -0.2) is 5.91 Å². The monoisotopic (exact) mass is 292 g/mol. The highest BCUT2D eigenvalue weighted by molar-refractivity contribution is 5.93. The van der Waals surface area contributed by atoms with Crippen LogP contribution >= 0.6 is 0 Å². The molecule has 0 saturated carbocycles. The second kappa shape index (κ2) is 5.76. The molecular formula is C17H25FN2O. The van der Waals surface area contributed by atoms with Crippen LogP contribution in [0.4, 0.5) is 10.1 Å². The molecule has 0 radical (unpaired) electrons. The third-order valence-corrected chi connectivity index (χ3v) is 4.60. The number of amides is 1. The Kier molecular flexibility index (Phi) is 4.38. The summed E-state index contributed by atoms with van der Waals surface area (Å²) in [5, 5.41) is 2.71. The molecule has 0 bridgehead atoms. The van der Waals surface area contributed by atoms with Crippen molar-refractivity contribution in [2.75, 3.05) is 5.32 Å². The lowest BCUT2D eigenvalue weighted by molar-refractivity contribution is -0.116. The van der Waals surface area contributed by atoms with Gasteiger partial charge in [-0.1, -0.05) is 27.7 Å². The molecule has 2 rings (SSSR count). The molecule has 0 spiro atoms. The van der Waals surface area contributed by atoms with Crippen molar-refractivity contribution in [1.82, 2.24) is 0 Å². The van der Waals surface area contributed by atoms with Crippen molar-refractivity contribution in [3.8, 4) is 0 Å². The summed E-state index contributed by atoms with van der Waals surface area (Å²) in [5.41, 5.74) is 8.50. The van der Waals surface area contributed by atoms with Gasteiger partial charge in [-0.15, -0.1) is 0 Å². The van der Waals surface area contributed by atoms with Crippen molar-refractivity contribution in [3.05, 3.63) is 29.1 Å². The molecular weight excluding hydrogens is 267 g/mol. The highest BCUT2D eigenvalue weighted by atomic mass is 19.1. The number of hydrogen-bond acceptors (Lipinski definition) is 2. The molecule has 1 aliphatic rings. The van der Waals surface area contributed by atoms with Crippen LogP contribution in [0.15, 0.2) is 12.1 Å². The minimum atomic E-state index is -0.329. The lowest BCUT2D eigenvalue weighted by Gasteiger charge is -2.30. The molecule has 0 saturated heterocycles. The average Bonchev–Trinajstić information content (AvgIpc) is 2.36. The molecule has 1 aliphatic heterocycles. The molecule has 3 N–H and O–H groups in total. The van der Waals surface area contributed by atoms with Crippen molar-refractivity contribution >= 4 is 11.6 Å². The van der Waals surface area contributed by atoms with E-state index < -0.39 is 0 Å². The SMILES string of the molecule is CC(CC(N)c1cc2c(cc1F)NC(=O)CC2)C(C)(C)C. The Morgan fingerprint density at radius 1 is 1.33 bits per heavy atom. The Bertz CT molecular complexity index is 548. The number of aryl methyl sites for hydroxylation is 1. The van der Waals surface area contributed by atoms with E-state index in [1.807, 2.05) is 6.07 Å². The van der Waals surface area contributed by atoms with Gasteiger partial charge in [0.25, 0.3) is 0 Å². The van der Waals surface area contributed by atoms with Gasteiger partial charge in [0.05, 0.1) is 0 Å². The van der Waals surface area contributed by atoms with Crippen molar-refractivity contribution < 1.29 is 9.18 Å². The summed E-state index contributed by atoms with van der Waals surface area (Å²) < 4.78 is 14.3. The summed E-state index contributed by atoms with van der Waals surface area (Å²) >= 11 is 0. The fraction of sp³-hybridized carbons (Fsp3) is 0.588. The molecule has 116 valence electrons. The molecule has 21 heavy (non-hydrogen) atoms. The third kappa shape index (κ3) is 3.62. The van der Waals surface area contributed by atoms with E-state index in [9.17, 15) is 9.18 Å². The number of carbonyl (C=O) groups is 1. The summed E-state index contributed by atoms with van der Waals surface area (Å²) in [6, 6.07) is 2.91. The number of benzene rings is 1. The number of rotatable bonds is 3. The minimum Gasteiger partial charge on any atom is -0.326 e. The van der Waals surface area contributed by atoms with Crippen LogP contribution in [0.2, 0.25) is 0 Å². The zero-order chi connectivity index (χ0) is 15.8. The van der Waals surface area contributed by atoms with Crippen LogP contribution in [0.3, 0.4) is 0 Å². The Morgan fingerprint density at radius 2 is 2.00 bits per heavy atom. The lowest BCUT2D eigenvalue weighted by atomic mass is 9.77. The van der Waals surface area contributed by atoms with Crippen LogP contribution in [0.25, 0.3) is 0 Å². The second-order valence-corrected chi connectivity index (χ2v) is 7.19. The fourth-order valence-corrected chi connectivity index (χ4v) is 2.57. The first-order chi connectivity index (χ1) is 9.68. The number of halogens is 1.